The second-order valence-electron chi connectivity index (χ2n) is 9.72. The van der Waals surface area contributed by atoms with Crippen LogP contribution < -0.4 is 9.62 Å². The largest absolute Gasteiger partial charge is 0.352 e. The molecule has 40 heavy (non-hydrogen) atoms. The van der Waals surface area contributed by atoms with Crippen molar-refractivity contribution in [3.8, 4) is 0 Å². The molecule has 0 aliphatic heterocycles. The van der Waals surface area contributed by atoms with Crippen LogP contribution in [0.1, 0.15) is 38.3 Å². The van der Waals surface area contributed by atoms with Gasteiger partial charge < -0.3 is 10.2 Å². The van der Waals surface area contributed by atoms with Crippen molar-refractivity contribution in [2.24, 2.45) is 0 Å². The highest BCUT2D eigenvalue weighted by molar-refractivity contribution is 7.98. The van der Waals surface area contributed by atoms with Crippen LogP contribution in [0.2, 0.25) is 5.02 Å². The van der Waals surface area contributed by atoms with Gasteiger partial charge in [0.2, 0.25) is 11.8 Å². The molecule has 3 aromatic rings. The number of rotatable bonds is 12. The van der Waals surface area contributed by atoms with E-state index in [2.05, 4.69) is 5.32 Å². The van der Waals surface area contributed by atoms with Gasteiger partial charge in [0.1, 0.15) is 12.6 Å². The van der Waals surface area contributed by atoms with Crippen LogP contribution in [0.25, 0.3) is 0 Å². The van der Waals surface area contributed by atoms with Crippen LogP contribution >= 0.6 is 23.4 Å². The molecule has 0 aliphatic rings. The summed E-state index contributed by atoms with van der Waals surface area (Å²) in [5, 5.41) is 3.34. The van der Waals surface area contributed by atoms with E-state index >= 15 is 0 Å². The van der Waals surface area contributed by atoms with E-state index < -0.39 is 28.5 Å². The highest BCUT2D eigenvalue weighted by Gasteiger charge is 2.34. The Labute approximate surface area is 247 Å². The van der Waals surface area contributed by atoms with Gasteiger partial charge in [0.05, 0.1) is 10.6 Å². The fraction of sp³-hybridized carbons (Fsp3) is 0.333. The third kappa shape index (κ3) is 7.80. The Kier molecular flexibility index (Phi) is 11.1. The fourth-order valence-electron chi connectivity index (χ4n) is 4.23. The van der Waals surface area contributed by atoms with Crippen molar-refractivity contribution < 1.29 is 18.0 Å². The topological polar surface area (TPSA) is 86.8 Å². The van der Waals surface area contributed by atoms with Gasteiger partial charge in [0, 0.05) is 22.5 Å². The quantitative estimate of drug-likeness (QED) is 0.261. The molecule has 214 valence electrons. The lowest BCUT2D eigenvalue weighted by molar-refractivity contribution is -0.140. The molecule has 3 aromatic carbocycles. The Morgan fingerprint density at radius 2 is 1.60 bits per heavy atom. The van der Waals surface area contributed by atoms with Crippen molar-refractivity contribution in [1.29, 1.82) is 0 Å². The molecule has 1 unspecified atom stereocenters. The van der Waals surface area contributed by atoms with Gasteiger partial charge in [0.15, 0.2) is 0 Å². The number of hydrogen-bond donors (Lipinski definition) is 1. The molecule has 3 rings (SSSR count). The maximum Gasteiger partial charge on any atom is 0.264 e. The number of thioether (sulfide) groups is 1. The maximum atomic E-state index is 14.1. The number of amides is 2. The zero-order valence-electron chi connectivity index (χ0n) is 23.4. The molecular formula is C30H36ClN3O4S2. The molecule has 0 aliphatic carbocycles. The van der Waals surface area contributed by atoms with Gasteiger partial charge in [-0.05, 0) is 81.5 Å². The summed E-state index contributed by atoms with van der Waals surface area (Å²) in [6.07, 6.45) is 2.25. The Morgan fingerprint density at radius 1 is 0.975 bits per heavy atom. The lowest BCUT2D eigenvalue weighted by Gasteiger charge is -2.33. The first-order chi connectivity index (χ1) is 19.0. The molecule has 0 aromatic heterocycles. The standard InChI is InChI=1S/C30H36ClN3O4S2/c1-6-28(30(36)32-21(2)3)33(19-23-9-7-8-10-27(23)31)29(35)20-34(24-13-11-22(4)12-14-24)40(37,38)26-17-15-25(39-5)16-18-26/h7-18,21,28H,6,19-20H2,1-5H3,(H,32,36). The number of benzene rings is 3. The highest BCUT2D eigenvalue weighted by atomic mass is 35.5. The predicted octanol–water partition coefficient (Wildman–Crippen LogP) is 5.90. The van der Waals surface area contributed by atoms with E-state index in [4.69, 9.17) is 11.6 Å². The molecule has 0 saturated carbocycles. The van der Waals surface area contributed by atoms with Gasteiger partial charge in [-0.3, -0.25) is 13.9 Å². The third-order valence-electron chi connectivity index (χ3n) is 6.36. The minimum atomic E-state index is -4.12. The highest BCUT2D eigenvalue weighted by Crippen LogP contribution is 2.27. The summed E-state index contributed by atoms with van der Waals surface area (Å²) in [6.45, 7) is 6.97. The van der Waals surface area contributed by atoms with Gasteiger partial charge in [0.25, 0.3) is 10.0 Å². The smallest absolute Gasteiger partial charge is 0.264 e. The van der Waals surface area contributed by atoms with Gasteiger partial charge in [-0.2, -0.15) is 0 Å². The average molecular weight is 602 g/mol. The summed E-state index contributed by atoms with van der Waals surface area (Å²) in [7, 11) is -4.12. The average Bonchev–Trinajstić information content (AvgIpc) is 2.92. The number of sulfonamides is 1. The van der Waals surface area contributed by atoms with Crippen LogP contribution in [-0.2, 0) is 26.2 Å². The summed E-state index contributed by atoms with van der Waals surface area (Å²) in [5.41, 5.74) is 1.96. The van der Waals surface area contributed by atoms with Crippen molar-refractivity contribution >= 4 is 50.9 Å². The summed E-state index contributed by atoms with van der Waals surface area (Å²) < 4.78 is 29.0. The van der Waals surface area contributed by atoms with Crippen molar-refractivity contribution in [2.45, 2.75) is 62.5 Å². The van der Waals surface area contributed by atoms with E-state index in [0.29, 0.717) is 22.7 Å². The second-order valence-corrected chi connectivity index (χ2v) is 12.9. The fourth-order valence-corrected chi connectivity index (χ4v) is 6.24. The summed E-state index contributed by atoms with van der Waals surface area (Å²) >= 11 is 7.94. The van der Waals surface area contributed by atoms with Crippen LogP contribution in [0.5, 0.6) is 0 Å². The maximum absolute atomic E-state index is 14.1. The van der Waals surface area contributed by atoms with Crippen LogP contribution in [0.15, 0.2) is 82.6 Å². The van der Waals surface area contributed by atoms with E-state index in [0.717, 1.165) is 14.8 Å². The first-order valence-corrected chi connectivity index (χ1v) is 16.1. The van der Waals surface area contributed by atoms with Crippen molar-refractivity contribution in [3.63, 3.8) is 0 Å². The Hall–Kier alpha value is -3.01. The monoisotopic (exact) mass is 601 g/mol. The van der Waals surface area contributed by atoms with Crippen LogP contribution in [-0.4, -0.2) is 50.0 Å². The van der Waals surface area contributed by atoms with Gasteiger partial charge in [-0.25, -0.2) is 8.42 Å². The lowest BCUT2D eigenvalue weighted by atomic mass is 10.1. The Bertz CT molecular complexity index is 1410. The van der Waals surface area contributed by atoms with Gasteiger partial charge in [-0.1, -0.05) is 54.4 Å². The molecule has 1 atom stereocenters. The minimum absolute atomic E-state index is 0.0483. The Morgan fingerprint density at radius 3 is 2.15 bits per heavy atom. The van der Waals surface area contributed by atoms with E-state index in [9.17, 15) is 18.0 Å². The number of nitrogens with zero attached hydrogens (tertiary/aromatic N) is 2. The van der Waals surface area contributed by atoms with E-state index in [1.165, 1.54) is 16.7 Å². The summed E-state index contributed by atoms with van der Waals surface area (Å²) in [5.74, 6) is -0.828. The number of nitrogens with one attached hydrogen (secondary N) is 1. The number of anilines is 1. The zero-order valence-corrected chi connectivity index (χ0v) is 25.8. The van der Waals surface area contributed by atoms with E-state index in [1.54, 1.807) is 72.8 Å². The van der Waals surface area contributed by atoms with Crippen molar-refractivity contribution in [3.05, 3.63) is 88.9 Å². The number of carbonyl (C=O) groups excluding carboxylic acids is 2. The molecule has 7 nitrogen and oxygen atoms in total. The van der Waals surface area contributed by atoms with Crippen molar-refractivity contribution in [1.82, 2.24) is 10.2 Å². The first-order valence-electron chi connectivity index (χ1n) is 13.0. The summed E-state index contributed by atoms with van der Waals surface area (Å²) in [6, 6.07) is 19.6. The number of carbonyl (C=O) groups is 2. The van der Waals surface area contributed by atoms with Gasteiger partial charge in [-0.15, -0.1) is 11.8 Å². The molecule has 0 bridgehead atoms. The molecule has 0 spiro atoms. The van der Waals surface area contributed by atoms with E-state index in [-0.39, 0.29) is 23.4 Å². The lowest BCUT2D eigenvalue weighted by Crippen LogP contribution is -2.53. The molecule has 0 heterocycles. The molecular weight excluding hydrogens is 566 g/mol. The molecule has 10 heteroatoms. The molecule has 0 fully saturated rings. The van der Waals surface area contributed by atoms with Crippen LogP contribution in [0.3, 0.4) is 0 Å². The minimum Gasteiger partial charge on any atom is -0.352 e. The SMILES string of the molecule is CCC(C(=O)NC(C)C)N(Cc1ccccc1Cl)C(=O)CN(c1ccc(C)cc1)S(=O)(=O)c1ccc(SC)cc1. The molecule has 1 N–H and O–H groups in total. The first kappa shape index (κ1) is 31.5. The molecule has 2 amide bonds. The normalized spacial score (nSPS) is 12.2. The summed E-state index contributed by atoms with van der Waals surface area (Å²) in [4.78, 5) is 29.7. The third-order valence-corrected chi connectivity index (χ3v) is 9.26. The molecule has 0 saturated heterocycles. The van der Waals surface area contributed by atoms with Crippen LogP contribution in [0.4, 0.5) is 5.69 Å². The van der Waals surface area contributed by atoms with Crippen LogP contribution in [0, 0.1) is 6.92 Å². The van der Waals surface area contributed by atoms with E-state index in [1.807, 2.05) is 34.0 Å². The second kappa shape index (κ2) is 14.1. The van der Waals surface area contributed by atoms with Gasteiger partial charge >= 0.3 is 0 Å². The Balaban J connectivity index is 2.07. The number of aryl methyl sites for hydroxylation is 1. The van der Waals surface area contributed by atoms with Crippen molar-refractivity contribution in [2.75, 3.05) is 17.1 Å². The zero-order chi connectivity index (χ0) is 29.4. The predicted molar refractivity (Wildman–Crippen MR) is 163 cm³/mol. The number of hydrogen-bond acceptors (Lipinski definition) is 5. The number of halogens is 1. The molecule has 0 radical (unpaired) electrons.